The summed E-state index contributed by atoms with van der Waals surface area (Å²) in [7, 11) is -2.26. The summed E-state index contributed by atoms with van der Waals surface area (Å²) in [6, 6.07) is 3.37. The summed E-state index contributed by atoms with van der Waals surface area (Å²) < 4.78 is 32.2. The van der Waals surface area contributed by atoms with E-state index in [9.17, 15) is 13.5 Å². The number of benzene rings is 1. The van der Waals surface area contributed by atoms with Crippen LogP contribution in [0.25, 0.3) is 0 Å². The number of methoxy groups -OCH3 is 1. The number of aliphatic hydroxyl groups is 1. The molecule has 0 saturated heterocycles. The van der Waals surface area contributed by atoms with Crippen LogP contribution in [0.3, 0.4) is 0 Å². The second kappa shape index (κ2) is 6.56. The van der Waals surface area contributed by atoms with Crippen LogP contribution in [0, 0.1) is 6.92 Å². The summed E-state index contributed by atoms with van der Waals surface area (Å²) in [5.74, 6) is 0.525. The van der Waals surface area contributed by atoms with Gasteiger partial charge in [-0.05, 0) is 43.0 Å². The first-order valence-electron chi connectivity index (χ1n) is 6.55. The normalized spacial score (nSPS) is 13.6. The van der Waals surface area contributed by atoms with Gasteiger partial charge in [-0.3, -0.25) is 0 Å². The summed E-state index contributed by atoms with van der Waals surface area (Å²) in [5, 5.41) is 9.22. The number of aliphatic hydroxyl groups excluding tert-OH is 1. The molecule has 0 unspecified atom stereocenters. The predicted molar refractivity (Wildman–Crippen MR) is 78.7 cm³/mol. The van der Waals surface area contributed by atoms with Crippen LogP contribution < -0.4 is 9.46 Å². The highest BCUT2D eigenvalue weighted by Crippen LogP contribution is 2.30. The van der Waals surface area contributed by atoms with Gasteiger partial charge in [0.1, 0.15) is 10.6 Å². The Morgan fingerprint density at radius 2 is 1.90 bits per heavy atom. The van der Waals surface area contributed by atoms with Crippen molar-refractivity contribution in [1.82, 2.24) is 4.72 Å². The molecule has 0 saturated carbocycles. The molecule has 0 bridgehead atoms. The summed E-state index contributed by atoms with van der Waals surface area (Å²) in [6.45, 7) is 7.44. The summed E-state index contributed by atoms with van der Waals surface area (Å²) in [4.78, 5) is 0.106. The van der Waals surface area contributed by atoms with Crippen molar-refractivity contribution in [2.75, 3.05) is 13.7 Å². The molecule has 20 heavy (non-hydrogen) atoms. The van der Waals surface area contributed by atoms with Crippen LogP contribution in [0.1, 0.15) is 37.8 Å². The van der Waals surface area contributed by atoms with E-state index in [0.717, 1.165) is 11.1 Å². The first-order chi connectivity index (χ1) is 9.19. The molecule has 0 aliphatic carbocycles. The Labute approximate surface area is 121 Å². The third kappa shape index (κ3) is 3.94. The minimum absolute atomic E-state index is 0.0314. The number of nitrogens with one attached hydrogen (secondary N) is 1. The summed E-state index contributed by atoms with van der Waals surface area (Å²) in [5.41, 5.74) is 1.95. The van der Waals surface area contributed by atoms with E-state index < -0.39 is 16.1 Å². The molecule has 1 atom stereocenters. The van der Waals surface area contributed by atoms with Crippen molar-refractivity contribution < 1.29 is 18.3 Å². The Kier molecular flexibility index (Phi) is 5.56. The molecule has 0 amide bonds. The molecular weight excluding hydrogens is 278 g/mol. The van der Waals surface area contributed by atoms with E-state index in [1.54, 1.807) is 12.1 Å². The van der Waals surface area contributed by atoms with Gasteiger partial charge in [0.15, 0.2) is 0 Å². The van der Waals surface area contributed by atoms with Crippen LogP contribution in [-0.2, 0) is 10.0 Å². The fourth-order valence-electron chi connectivity index (χ4n) is 1.98. The summed E-state index contributed by atoms with van der Waals surface area (Å²) >= 11 is 0. The van der Waals surface area contributed by atoms with Gasteiger partial charge in [0.2, 0.25) is 10.0 Å². The number of aryl methyl sites for hydroxylation is 1. The minimum atomic E-state index is -3.71. The number of rotatable bonds is 6. The van der Waals surface area contributed by atoms with Crippen LogP contribution in [-0.4, -0.2) is 33.3 Å². The molecule has 0 aromatic heterocycles. The van der Waals surface area contributed by atoms with E-state index in [1.807, 2.05) is 20.8 Å². The molecule has 1 aromatic carbocycles. The standard InChI is InChI=1S/C14H23NO4S/c1-9(2)12-7-14(13(19-5)6-10(12)3)20(17,18)15-8-11(4)16/h6-7,9,11,15-16H,8H2,1-5H3/t11-/m1/s1. The average molecular weight is 301 g/mol. The summed E-state index contributed by atoms with van der Waals surface area (Å²) in [6.07, 6.45) is -0.745. The Hall–Kier alpha value is -1.11. The van der Waals surface area contributed by atoms with Crippen LogP contribution >= 0.6 is 0 Å². The maximum Gasteiger partial charge on any atom is 0.244 e. The highest BCUT2D eigenvalue weighted by atomic mass is 32.2. The molecule has 0 heterocycles. The van der Waals surface area contributed by atoms with Crippen molar-refractivity contribution in [2.24, 2.45) is 0 Å². The third-order valence-corrected chi connectivity index (χ3v) is 4.48. The van der Waals surface area contributed by atoms with E-state index >= 15 is 0 Å². The predicted octanol–water partition coefficient (Wildman–Crippen LogP) is 1.79. The van der Waals surface area contributed by atoms with Crippen LogP contribution in [0.4, 0.5) is 0 Å². The molecule has 1 rings (SSSR count). The first kappa shape index (κ1) is 16.9. The van der Waals surface area contributed by atoms with Crippen LogP contribution in [0.5, 0.6) is 5.75 Å². The lowest BCUT2D eigenvalue weighted by atomic mass is 9.98. The molecule has 2 N–H and O–H groups in total. The molecule has 0 spiro atoms. The van der Waals surface area contributed by atoms with E-state index in [0.29, 0.717) is 5.75 Å². The SMILES string of the molecule is COc1cc(C)c(C(C)C)cc1S(=O)(=O)NC[C@@H](C)O. The second-order valence-corrected chi connectivity index (χ2v) is 6.95. The van der Waals surface area contributed by atoms with Gasteiger partial charge in [-0.15, -0.1) is 0 Å². The van der Waals surface area contributed by atoms with E-state index in [4.69, 9.17) is 4.74 Å². The minimum Gasteiger partial charge on any atom is -0.495 e. The molecule has 1 aromatic rings. The molecule has 114 valence electrons. The van der Waals surface area contributed by atoms with Crippen molar-refractivity contribution in [3.8, 4) is 5.75 Å². The Morgan fingerprint density at radius 1 is 1.30 bits per heavy atom. The van der Waals surface area contributed by atoms with Crippen molar-refractivity contribution in [3.05, 3.63) is 23.3 Å². The molecule has 0 aliphatic rings. The maximum absolute atomic E-state index is 12.3. The zero-order valence-electron chi connectivity index (χ0n) is 12.6. The van der Waals surface area contributed by atoms with Crippen molar-refractivity contribution in [3.63, 3.8) is 0 Å². The van der Waals surface area contributed by atoms with Gasteiger partial charge >= 0.3 is 0 Å². The lowest BCUT2D eigenvalue weighted by Crippen LogP contribution is -2.31. The highest BCUT2D eigenvalue weighted by molar-refractivity contribution is 7.89. The van der Waals surface area contributed by atoms with Gasteiger partial charge in [0.25, 0.3) is 0 Å². The van der Waals surface area contributed by atoms with Gasteiger partial charge in [-0.2, -0.15) is 0 Å². The fourth-order valence-corrected chi connectivity index (χ4v) is 3.28. The quantitative estimate of drug-likeness (QED) is 0.840. The third-order valence-electron chi connectivity index (χ3n) is 3.03. The van der Waals surface area contributed by atoms with E-state index in [1.165, 1.54) is 14.0 Å². The topological polar surface area (TPSA) is 75.6 Å². The van der Waals surface area contributed by atoms with Gasteiger partial charge < -0.3 is 9.84 Å². The average Bonchev–Trinajstić information content (AvgIpc) is 2.35. The van der Waals surface area contributed by atoms with Crippen molar-refractivity contribution in [2.45, 2.75) is 44.6 Å². The molecular formula is C14H23NO4S. The molecule has 0 radical (unpaired) electrons. The number of ether oxygens (including phenoxy) is 1. The highest BCUT2D eigenvalue weighted by Gasteiger charge is 2.22. The molecule has 0 aliphatic heterocycles. The number of sulfonamides is 1. The van der Waals surface area contributed by atoms with Gasteiger partial charge in [-0.1, -0.05) is 13.8 Å². The van der Waals surface area contributed by atoms with Gasteiger partial charge in [-0.25, -0.2) is 13.1 Å². The second-order valence-electron chi connectivity index (χ2n) is 5.22. The van der Waals surface area contributed by atoms with E-state index in [-0.39, 0.29) is 17.4 Å². The first-order valence-corrected chi connectivity index (χ1v) is 8.03. The Morgan fingerprint density at radius 3 is 2.35 bits per heavy atom. The zero-order chi connectivity index (χ0) is 15.5. The molecule has 6 heteroatoms. The largest absolute Gasteiger partial charge is 0.495 e. The Balaban J connectivity index is 3.31. The number of hydrogen-bond acceptors (Lipinski definition) is 4. The monoisotopic (exact) mass is 301 g/mol. The van der Waals surface area contributed by atoms with Gasteiger partial charge in [0, 0.05) is 6.54 Å². The smallest absolute Gasteiger partial charge is 0.244 e. The van der Waals surface area contributed by atoms with Crippen LogP contribution in [0.2, 0.25) is 0 Å². The molecule has 0 fully saturated rings. The Bertz CT molecular complexity index is 565. The van der Waals surface area contributed by atoms with Crippen molar-refractivity contribution in [1.29, 1.82) is 0 Å². The van der Waals surface area contributed by atoms with Gasteiger partial charge in [0.05, 0.1) is 13.2 Å². The lowest BCUT2D eigenvalue weighted by Gasteiger charge is -2.17. The molecule has 5 nitrogen and oxygen atoms in total. The fraction of sp³-hybridized carbons (Fsp3) is 0.571. The van der Waals surface area contributed by atoms with E-state index in [2.05, 4.69) is 4.72 Å². The lowest BCUT2D eigenvalue weighted by molar-refractivity contribution is 0.198. The number of hydrogen-bond donors (Lipinski definition) is 2. The van der Waals surface area contributed by atoms with Crippen molar-refractivity contribution >= 4 is 10.0 Å². The van der Waals surface area contributed by atoms with Crippen LogP contribution in [0.15, 0.2) is 17.0 Å². The maximum atomic E-state index is 12.3. The zero-order valence-corrected chi connectivity index (χ0v) is 13.4.